The summed E-state index contributed by atoms with van der Waals surface area (Å²) in [6.07, 6.45) is 2.96. The number of rotatable bonds is 6. The summed E-state index contributed by atoms with van der Waals surface area (Å²) in [5.74, 6) is -0.193. The SMILES string of the molecule is CCCn1cc(-c2cc(C(C)NCC)ccc2F)c(C)n1. The summed E-state index contributed by atoms with van der Waals surface area (Å²) in [6, 6.07) is 5.54. The topological polar surface area (TPSA) is 29.9 Å². The van der Waals surface area contributed by atoms with Crippen LogP contribution in [0.4, 0.5) is 4.39 Å². The summed E-state index contributed by atoms with van der Waals surface area (Å²) >= 11 is 0. The Morgan fingerprint density at radius 3 is 2.71 bits per heavy atom. The molecule has 0 aliphatic rings. The fourth-order valence-corrected chi connectivity index (χ4v) is 2.57. The molecule has 114 valence electrons. The highest BCUT2D eigenvalue weighted by molar-refractivity contribution is 5.66. The van der Waals surface area contributed by atoms with Crippen molar-refractivity contribution in [1.82, 2.24) is 15.1 Å². The molecule has 0 aliphatic heterocycles. The molecule has 2 aromatic rings. The summed E-state index contributed by atoms with van der Waals surface area (Å²) in [6.45, 7) is 9.95. The van der Waals surface area contributed by atoms with Crippen molar-refractivity contribution < 1.29 is 4.39 Å². The van der Waals surface area contributed by atoms with Crippen LogP contribution < -0.4 is 5.32 Å². The van der Waals surface area contributed by atoms with Crippen molar-refractivity contribution in [2.75, 3.05) is 6.54 Å². The Labute approximate surface area is 126 Å². The highest BCUT2D eigenvalue weighted by Gasteiger charge is 2.14. The second kappa shape index (κ2) is 6.85. The van der Waals surface area contributed by atoms with Gasteiger partial charge in [0.25, 0.3) is 0 Å². The second-order valence-corrected chi connectivity index (χ2v) is 5.41. The van der Waals surface area contributed by atoms with Crippen LogP contribution in [0.1, 0.15) is 44.5 Å². The van der Waals surface area contributed by atoms with E-state index in [1.54, 1.807) is 6.07 Å². The quantitative estimate of drug-likeness (QED) is 0.868. The van der Waals surface area contributed by atoms with Crippen LogP contribution in [-0.2, 0) is 6.54 Å². The van der Waals surface area contributed by atoms with Crippen LogP contribution in [0, 0.1) is 12.7 Å². The second-order valence-electron chi connectivity index (χ2n) is 5.41. The van der Waals surface area contributed by atoms with Gasteiger partial charge in [-0.15, -0.1) is 0 Å². The number of nitrogens with one attached hydrogen (secondary N) is 1. The van der Waals surface area contributed by atoms with Crippen molar-refractivity contribution in [3.05, 3.63) is 41.5 Å². The molecule has 0 saturated heterocycles. The maximum atomic E-state index is 14.2. The Balaban J connectivity index is 2.40. The van der Waals surface area contributed by atoms with E-state index >= 15 is 0 Å². The van der Waals surface area contributed by atoms with Gasteiger partial charge in [0.05, 0.1) is 5.69 Å². The average Bonchev–Trinajstić information content (AvgIpc) is 2.81. The number of hydrogen-bond donors (Lipinski definition) is 1. The van der Waals surface area contributed by atoms with E-state index in [-0.39, 0.29) is 11.9 Å². The Hall–Kier alpha value is -1.68. The fourth-order valence-electron chi connectivity index (χ4n) is 2.57. The largest absolute Gasteiger partial charge is 0.310 e. The minimum absolute atomic E-state index is 0.193. The van der Waals surface area contributed by atoms with E-state index in [4.69, 9.17) is 0 Å². The molecule has 3 nitrogen and oxygen atoms in total. The number of aromatic nitrogens is 2. The van der Waals surface area contributed by atoms with E-state index in [9.17, 15) is 4.39 Å². The Morgan fingerprint density at radius 2 is 2.05 bits per heavy atom. The smallest absolute Gasteiger partial charge is 0.131 e. The van der Waals surface area contributed by atoms with Gasteiger partial charge in [0.1, 0.15) is 5.82 Å². The molecule has 1 aromatic carbocycles. The van der Waals surface area contributed by atoms with Gasteiger partial charge in [0.15, 0.2) is 0 Å². The molecular weight excluding hydrogens is 265 g/mol. The third-order valence-electron chi connectivity index (χ3n) is 3.69. The van der Waals surface area contributed by atoms with Gasteiger partial charge in [-0.25, -0.2) is 4.39 Å². The maximum Gasteiger partial charge on any atom is 0.131 e. The lowest BCUT2D eigenvalue weighted by Crippen LogP contribution is -2.17. The lowest BCUT2D eigenvalue weighted by atomic mass is 10.00. The third kappa shape index (κ3) is 3.50. The van der Waals surface area contributed by atoms with Crippen molar-refractivity contribution in [2.24, 2.45) is 0 Å². The predicted molar refractivity (Wildman–Crippen MR) is 84.7 cm³/mol. The number of hydrogen-bond acceptors (Lipinski definition) is 2. The molecule has 4 heteroatoms. The molecular formula is C17H24FN3. The molecule has 2 rings (SSSR count). The first kappa shape index (κ1) is 15.7. The van der Waals surface area contributed by atoms with Crippen molar-refractivity contribution in [2.45, 2.75) is 46.7 Å². The first-order valence-corrected chi connectivity index (χ1v) is 7.64. The van der Waals surface area contributed by atoms with Crippen molar-refractivity contribution in [3.63, 3.8) is 0 Å². The highest BCUT2D eigenvalue weighted by Crippen LogP contribution is 2.28. The van der Waals surface area contributed by atoms with E-state index in [2.05, 4.69) is 31.2 Å². The molecule has 0 fully saturated rings. The van der Waals surface area contributed by atoms with E-state index in [0.717, 1.165) is 36.3 Å². The van der Waals surface area contributed by atoms with Crippen LogP contribution in [0.5, 0.6) is 0 Å². The molecule has 0 radical (unpaired) electrons. The summed E-state index contributed by atoms with van der Waals surface area (Å²) in [5.41, 5.74) is 3.48. The van der Waals surface area contributed by atoms with E-state index in [1.807, 2.05) is 29.9 Å². The highest BCUT2D eigenvalue weighted by atomic mass is 19.1. The zero-order chi connectivity index (χ0) is 15.4. The Bertz CT molecular complexity index is 604. The van der Waals surface area contributed by atoms with Gasteiger partial charge < -0.3 is 5.32 Å². The summed E-state index contributed by atoms with van der Waals surface area (Å²) in [4.78, 5) is 0. The third-order valence-corrected chi connectivity index (χ3v) is 3.69. The van der Waals surface area contributed by atoms with Gasteiger partial charge in [-0.05, 0) is 44.5 Å². The normalized spacial score (nSPS) is 12.6. The zero-order valence-electron chi connectivity index (χ0n) is 13.3. The van der Waals surface area contributed by atoms with Gasteiger partial charge in [0, 0.05) is 29.9 Å². The predicted octanol–water partition coefficient (Wildman–Crippen LogP) is 4.08. The zero-order valence-corrected chi connectivity index (χ0v) is 13.3. The molecule has 1 atom stereocenters. The van der Waals surface area contributed by atoms with Gasteiger partial charge in [-0.2, -0.15) is 5.10 Å². The van der Waals surface area contributed by atoms with Crippen LogP contribution in [0.2, 0.25) is 0 Å². The first-order valence-electron chi connectivity index (χ1n) is 7.64. The number of nitrogens with zero attached hydrogens (tertiary/aromatic N) is 2. The first-order chi connectivity index (χ1) is 10.1. The van der Waals surface area contributed by atoms with Crippen LogP contribution in [-0.4, -0.2) is 16.3 Å². The molecule has 0 amide bonds. The van der Waals surface area contributed by atoms with Crippen LogP contribution in [0.15, 0.2) is 24.4 Å². The lowest BCUT2D eigenvalue weighted by molar-refractivity contribution is 0.592. The van der Waals surface area contributed by atoms with E-state index in [1.165, 1.54) is 0 Å². The van der Waals surface area contributed by atoms with E-state index in [0.29, 0.717) is 5.56 Å². The lowest BCUT2D eigenvalue weighted by Gasteiger charge is -2.14. The molecule has 1 heterocycles. The molecule has 0 spiro atoms. The Kier molecular flexibility index (Phi) is 5.12. The molecule has 1 N–H and O–H groups in total. The minimum Gasteiger partial charge on any atom is -0.310 e. The van der Waals surface area contributed by atoms with Gasteiger partial charge in [-0.1, -0.05) is 19.9 Å². The van der Waals surface area contributed by atoms with Gasteiger partial charge in [0.2, 0.25) is 0 Å². The summed E-state index contributed by atoms with van der Waals surface area (Å²) < 4.78 is 16.1. The van der Waals surface area contributed by atoms with Gasteiger partial charge in [-0.3, -0.25) is 4.68 Å². The van der Waals surface area contributed by atoms with Crippen molar-refractivity contribution in [3.8, 4) is 11.1 Å². The molecule has 0 saturated carbocycles. The maximum absolute atomic E-state index is 14.2. The fraction of sp³-hybridized carbons (Fsp3) is 0.471. The van der Waals surface area contributed by atoms with Crippen LogP contribution in [0.3, 0.4) is 0 Å². The Morgan fingerprint density at radius 1 is 1.29 bits per heavy atom. The van der Waals surface area contributed by atoms with Crippen molar-refractivity contribution in [1.29, 1.82) is 0 Å². The number of halogens is 1. The van der Waals surface area contributed by atoms with Crippen LogP contribution in [0.25, 0.3) is 11.1 Å². The molecule has 0 bridgehead atoms. The minimum atomic E-state index is -0.193. The number of aryl methyl sites for hydroxylation is 2. The summed E-state index contributed by atoms with van der Waals surface area (Å²) in [5, 5.41) is 7.82. The van der Waals surface area contributed by atoms with Crippen LogP contribution >= 0.6 is 0 Å². The van der Waals surface area contributed by atoms with Gasteiger partial charge >= 0.3 is 0 Å². The molecule has 1 aromatic heterocycles. The van der Waals surface area contributed by atoms with E-state index < -0.39 is 0 Å². The molecule has 0 aliphatic carbocycles. The summed E-state index contributed by atoms with van der Waals surface area (Å²) in [7, 11) is 0. The average molecular weight is 289 g/mol. The molecule has 1 unspecified atom stereocenters. The monoisotopic (exact) mass is 289 g/mol. The molecule has 21 heavy (non-hydrogen) atoms. The number of benzene rings is 1. The van der Waals surface area contributed by atoms with Crippen molar-refractivity contribution >= 4 is 0 Å². The standard InChI is InChI=1S/C17H24FN3/c1-5-9-21-11-16(13(4)20-21)15-10-14(7-8-17(15)18)12(3)19-6-2/h7-8,10-12,19H,5-6,9H2,1-4H3.